The van der Waals surface area contributed by atoms with E-state index < -0.39 is 29.8 Å². The molecule has 0 aliphatic rings. The minimum atomic E-state index is -1.52. The minimum absolute atomic E-state index is 0.427. The molecule has 0 bridgehead atoms. The second-order valence-electron chi connectivity index (χ2n) is 6.48. The van der Waals surface area contributed by atoms with Gasteiger partial charge in [-0.15, -0.1) is 0 Å². The molecule has 0 aliphatic heterocycles. The van der Waals surface area contributed by atoms with Crippen LogP contribution < -0.4 is 5.32 Å². The number of aliphatic hydroxyl groups is 1. The smallest absolute Gasteiger partial charge is 0.408 e. The van der Waals surface area contributed by atoms with Crippen LogP contribution in [0.25, 0.3) is 10.8 Å². The molecule has 3 N–H and O–H groups in total. The van der Waals surface area contributed by atoms with E-state index >= 15 is 0 Å². The Hall–Kier alpha value is -2.60. The maximum absolute atomic E-state index is 11.9. The van der Waals surface area contributed by atoms with Gasteiger partial charge in [-0.05, 0) is 37.1 Å². The summed E-state index contributed by atoms with van der Waals surface area (Å²) in [6, 6.07) is 11.0. The molecule has 0 spiro atoms. The standard InChI is InChI=1S/C18H21NO5/c1-18(2,3)24-17(23)19-14(16(21)22)15(20)13-10-6-8-11-7-4-5-9-12(11)13/h4-10,14-15,20H,1-3H3,(H,19,23)(H,21,22)/t14-,15+/m0/s1. The Balaban J connectivity index is 2.30. The maximum Gasteiger partial charge on any atom is 0.408 e. The van der Waals surface area contributed by atoms with Crippen LogP contribution in [0, 0.1) is 0 Å². The molecule has 6 heteroatoms. The van der Waals surface area contributed by atoms with Crippen molar-refractivity contribution in [2.45, 2.75) is 38.5 Å². The topological polar surface area (TPSA) is 95.9 Å². The minimum Gasteiger partial charge on any atom is -0.480 e. The first-order chi connectivity index (χ1) is 11.2. The summed E-state index contributed by atoms with van der Waals surface area (Å²) in [7, 11) is 0. The van der Waals surface area contributed by atoms with Crippen LogP contribution in [-0.4, -0.2) is 33.9 Å². The second kappa shape index (κ2) is 6.88. The first-order valence-corrected chi connectivity index (χ1v) is 7.57. The van der Waals surface area contributed by atoms with Gasteiger partial charge in [-0.1, -0.05) is 42.5 Å². The van der Waals surface area contributed by atoms with Gasteiger partial charge in [0.05, 0.1) is 0 Å². The third-order valence-corrected chi connectivity index (χ3v) is 3.40. The number of alkyl carbamates (subject to hydrolysis) is 1. The number of hydrogen-bond donors (Lipinski definition) is 3. The first-order valence-electron chi connectivity index (χ1n) is 7.57. The molecular formula is C18H21NO5. The summed E-state index contributed by atoms with van der Waals surface area (Å²) in [5.74, 6) is -1.35. The van der Waals surface area contributed by atoms with Crippen LogP contribution in [0.4, 0.5) is 4.79 Å². The van der Waals surface area contributed by atoms with Gasteiger partial charge < -0.3 is 20.3 Å². The lowest BCUT2D eigenvalue weighted by Crippen LogP contribution is -2.46. The Bertz CT molecular complexity index is 745. The molecule has 0 saturated heterocycles. The molecule has 6 nitrogen and oxygen atoms in total. The number of hydrogen-bond acceptors (Lipinski definition) is 4. The molecule has 0 aromatic heterocycles. The molecule has 1 amide bonds. The van der Waals surface area contributed by atoms with Crippen LogP contribution in [0.15, 0.2) is 42.5 Å². The second-order valence-corrected chi connectivity index (χ2v) is 6.48. The number of carboxylic acid groups (broad SMARTS) is 1. The molecule has 24 heavy (non-hydrogen) atoms. The Morgan fingerprint density at radius 3 is 2.33 bits per heavy atom. The summed E-state index contributed by atoms with van der Waals surface area (Å²) in [5.41, 5.74) is -0.339. The van der Waals surface area contributed by atoms with Crippen molar-refractivity contribution in [1.82, 2.24) is 5.32 Å². The molecule has 2 aromatic rings. The zero-order valence-electron chi connectivity index (χ0n) is 13.8. The van der Waals surface area contributed by atoms with Crippen LogP contribution in [-0.2, 0) is 9.53 Å². The lowest BCUT2D eigenvalue weighted by atomic mass is 9.96. The summed E-state index contributed by atoms with van der Waals surface area (Å²) in [4.78, 5) is 23.4. The Kier molecular flexibility index (Phi) is 5.09. The SMILES string of the molecule is CC(C)(C)OC(=O)N[C@H](C(=O)O)[C@H](O)c1cccc2ccccc12. The van der Waals surface area contributed by atoms with E-state index in [0.717, 1.165) is 10.8 Å². The van der Waals surface area contributed by atoms with Gasteiger partial charge in [0, 0.05) is 0 Å². The third-order valence-electron chi connectivity index (χ3n) is 3.40. The summed E-state index contributed by atoms with van der Waals surface area (Å²) < 4.78 is 5.07. The number of carbonyl (C=O) groups is 2. The fourth-order valence-electron chi connectivity index (χ4n) is 2.40. The molecule has 0 radical (unpaired) electrons. The molecule has 0 unspecified atom stereocenters. The quantitative estimate of drug-likeness (QED) is 0.800. The van der Waals surface area contributed by atoms with Crippen molar-refractivity contribution in [3.8, 4) is 0 Å². The van der Waals surface area contributed by atoms with E-state index in [1.54, 1.807) is 45.0 Å². The van der Waals surface area contributed by atoms with Crippen LogP contribution in [0.1, 0.15) is 32.4 Å². The molecular weight excluding hydrogens is 310 g/mol. The Morgan fingerprint density at radius 2 is 1.71 bits per heavy atom. The monoisotopic (exact) mass is 331 g/mol. The van der Waals surface area contributed by atoms with E-state index in [1.807, 2.05) is 18.2 Å². The highest BCUT2D eigenvalue weighted by molar-refractivity contribution is 5.88. The number of ether oxygens (including phenoxy) is 1. The van der Waals surface area contributed by atoms with Gasteiger partial charge in [-0.2, -0.15) is 0 Å². The number of amides is 1. The fourth-order valence-corrected chi connectivity index (χ4v) is 2.40. The van der Waals surface area contributed by atoms with Crippen molar-refractivity contribution in [1.29, 1.82) is 0 Å². The summed E-state index contributed by atoms with van der Waals surface area (Å²) >= 11 is 0. The largest absolute Gasteiger partial charge is 0.480 e. The maximum atomic E-state index is 11.9. The molecule has 2 rings (SSSR count). The van der Waals surface area contributed by atoms with E-state index in [9.17, 15) is 19.8 Å². The highest BCUT2D eigenvalue weighted by Crippen LogP contribution is 2.26. The lowest BCUT2D eigenvalue weighted by Gasteiger charge is -2.25. The number of carbonyl (C=O) groups excluding carboxylic acids is 1. The molecule has 0 fully saturated rings. The number of aliphatic hydroxyl groups excluding tert-OH is 1. The number of fused-ring (bicyclic) bond motifs is 1. The van der Waals surface area contributed by atoms with Crippen molar-refractivity contribution in [3.05, 3.63) is 48.0 Å². The van der Waals surface area contributed by atoms with Gasteiger partial charge in [-0.3, -0.25) is 0 Å². The normalized spacial score (nSPS) is 14.0. The molecule has 0 saturated carbocycles. The molecule has 0 aliphatic carbocycles. The zero-order chi connectivity index (χ0) is 17.9. The van der Waals surface area contributed by atoms with Crippen molar-refractivity contribution in [3.63, 3.8) is 0 Å². The summed E-state index contributed by atoms with van der Waals surface area (Å²) in [6.07, 6.45) is -2.31. The van der Waals surface area contributed by atoms with E-state index in [0.29, 0.717) is 5.56 Å². The number of carboxylic acids is 1. The van der Waals surface area contributed by atoms with Gasteiger partial charge >= 0.3 is 12.1 Å². The average Bonchev–Trinajstić information content (AvgIpc) is 2.49. The van der Waals surface area contributed by atoms with Gasteiger partial charge in [0.25, 0.3) is 0 Å². The Labute approximate surface area is 140 Å². The van der Waals surface area contributed by atoms with E-state index in [-0.39, 0.29) is 0 Å². The molecule has 2 atom stereocenters. The zero-order valence-corrected chi connectivity index (χ0v) is 13.8. The van der Waals surface area contributed by atoms with Gasteiger partial charge in [0.2, 0.25) is 0 Å². The van der Waals surface area contributed by atoms with E-state index in [1.165, 1.54) is 0 Å². The fraction of sp³-hybridized carbons (Fsp3) is 0.333. The number of aliphatic carboxylic acids is 1. The number of rotatable bonds is 4. The van der Waals surface area contributed by atoms with Gasteiger partial charge in [-0.25, -0.2) is 9.59 Å². The van der Waals surface area contributed by atoms with Crippen molar-refractivity contribution >= 4 is 22.8 Å². The number of nitrogens with one attached hydrogen (secondary N) is 1. The van der Waals surface area contributed by atoms with Crippen molar-refractivity contribution in [2.24, 2.45) is 0 Å². The van der Waals surface area contributed by atoms with Crippen molar-refractivity contribution < 1.29 is 24.5 Å². The first kappa shape index (κ1) is 17.7. The van der Waals surface area contributed by atoms with E-state index in [4.69, 9.17) is 4.74 Å². The van der Waals surface area contributed by atoms with Crippen LogP contribution in [0.3, 0.4) is 0 Å². The Morgan fingerprint density at radius 1 is 1.08 bits per heavy atom. The summed E-state index contributed by atoms with van der Waals surface area (Å²) in [5, 5.41) is 23.8. The third kappa shape index (κ3) is 4.23. The van der Waals surface area contributed by atoms with Gasteiger partial charge in [0.15, 0.2) is 6.04 Å². The van der Waals surface area contributed by atoms with E-state index in [2.05, 4.69) is 5.32 Å². The highest BCUT2D eigenvalue weighted by Gasteiger charge is 2.32. The highest BCUT2D eigenvalue weighted by atomic mass is 16.6. The molecule has 2 aromatic carbocycles. The van der Waals surface area contributed by atoms with Crippen LogP contribution in [0.2, 0.25) is 0 Å². The van der Waals surface area contributed by atoms with Crippen LogP contribution >= 0.6 is 0 Å². The lowest BCUT2D eigenvalue weighted by molar-refractivity contribution is -0.142. The predicted octanol–water partition coefficient (Wildman–Crippen LogP) is 2.85. The molecule has 128 valence electrons. The molecule has 0 heterocycles. The predicted molar refractivity (Wildman–Crippen MR) is 89.7 cm³/mol. The van der Waals surface area contributed by atoms with Gasteiger partial charge in [0.1, 0.15) is 11.7 Å². The number of benzene rings is 2. The van der Waals surface area contributed by atoms with Crippen molar-refractivity contribution in [2.75, 3.05) is 0 Å². The average molecular weight is 331 g/mol. The summed E-state index contributed by atoms with van der Waals surface area (Å²) in [6.45, 7) is 5.01. The van der Waals surface area contributed by atoms with Crippen LogP contribution in [0.5, 0.6) is 0 Å².